The van der Waals surface area contributed by atoms with Crippen LogP contribution in [0, 0.1) is 0 Å². The fourth-order valence-electron chi connectivity index (χ4n) is 1.20. The molecule has 5 nitrogen and oxygen atoms in total. The molecule has 0 saturated heterocycles. The normalized spacial score (nSPS) is 11.4. The minimum absolute atomic E-state index is 0.0759. The molecule has 0 atom stereocenters. The standard InChI is InChI=1S/C9H15N3O2S/c1-3-12(2)9-6-7(15(11,13)14)4-5-8(9)10/h4-6H,3,10H2,1-2H3,(H2,11,13,14). The first kappa shape index (κ1) is 11.8. The quantitative estimate of drug-likeness (QED) is 0.733. The van der Waals surface area contributed by atoms with E-state index in [0.29, 0.717) is 11.4 Å². The number of nitrogens with zero attached hydrogens (tertiary/aromatic N) is 1. The molecule has 0 radical (unpaired) electrons. The van der Waals surface area contributed by atoms with Gasteiger partial charge in [-0.25, -0.2) is 13.6 Å². The van der Waals surface area contributed by atoms with Crippen molar-refractivity contribution in [3.8, 4) is 0 Å². The van der Waals surface area contributed by atoms with Crippen molar-refractivity contribution >= 4 is 21.4 Å². The molecule has 0 fully saturated rings. The van der Waals surface area contributed by atoms with Gasteiger partial charge in [-0.3, -0.25) is 0 Å². The van der Waals surface area contributed by atoms with Crippen molar-refractivity contribution < 1.29 is 8.42 Å². The molecule has 0 amide bonds. The maximum Gasteiger partial charge on any atom is 0.238 e. The Morgan fingerprint density at radius 3 is 2.47 bits per heavy atom. The zero-order chi connectivity index (χ0) is 11.6. The van der Waals surface area contributed by atoms with E-state index >= 15 is 0 Å². The Morgan fingerprint density at radius 2 is 2.00 bits per heavy atom. The Kier molecular flexibility index (Phi) is 3.21. The van der Waals surface area contributed by atoms with Gasteiger partial charge in [0.15, 0.2) is 0 Å². The molecule has 1 aromatic carbocycles. The van der Waals surface area contributed by atoms with Crippen LogP contribution in [-0.4, -0.2) is 22.0 Å². The Bertz CT molecular complexity index is 456. The van der Waals surface area contributed by atoms with E-state index in [-0.39, 0.29) is 4.90 Å². The van der Waals surface area contributed by atoms with Crippen LogP contribution >= 0.6 is 0 Å². The highest BCUT2D eigenvalue weighted by molar-refractivity contribution is 7.89. The number of sulfonamides is 1. The van der Waals surface area contributed by atoms with Crippen molar-refractivity contribution in [2.75, 3.05) is 24.2 Å². The Morgan fingerprint density at radius 1 is 1.40 bits per heavy atom. The molecule has 0 aliphatic carbocycles. The molecule has 0 heterocycles. The molecule has 1 rings (SSSR count). The van der Waals surface area contributed by atoms with E-state index in [1.165, 1.54) is 12.1 Å². The van der Waals surface area contributed by atoms with Gasteiger partial charge in [-0.1, -0.05) is 0 Å². The lowest BCUT2D eigenvalue weighted by molar-refractivity contribution is 0.598. The predicted molar refractivity (Wildman–Crippen MR) is 61.2 cm³/mol. The van der Waals surface area contributed by atoms with E-state index in [0.717, 1.165) is 6.54 Å². The lowest BCUT2D eigenvalue weighted by Crippen LogP contribution is -2.19. The van der Waals surface area contributed by atoms with E-state index in [1.807, 2.05) is 18.9 Å². The van der Waals surface area contributed by atoms with Crippen molar-refractivity contribution in [1.82, 2.24) is 0 Å². The molecule has 84 valence electrons. The first-order valence-corrected chi connectivity index (χ1v) is 6.04. The van der Waals surface area contributed by atoms with E-state index < -0.39 is 10.0 Å². The van der Waals surface area contributed by atoms with Crippen LogP contribution in [0.15, 0.2) is 23.1 Å². The second kappa shape index (κ2) is 4.08. The third kappa shape index (κ3) is 2.60. The van der Waals surface area contributed by atoms with Gasteiger partial charge in [0.1, 0.15) is 0 Å². The van der Waals surface area contributed by atoms with Gasteiger partial charge >= 0.3 is 0 Å². The summed E-state index contributed by atoms with van der Waals surface area (Å²) in [5.41, 5.74) is 6.94. The fraction of sp³-hybridized carbons (Fsp3) is 0.333. The molecule has 0 aliphatic heterocycles. The molecular formula is C9H15N3O2S. The summed E-state index contributed by atoms with van der Waals surface area (Å²) >= 11 is 0. The maximum absolute atomic E-state index is 11.1. The summed E-state index contributed by atoms with van der Waals surface area (Å²) in [6.45, 7) is 2.68. The van der Waals surface area contributed by atoms with Crippen LogP contribution in [0.4, 0.5) is 11.4 Å². The molecule has 4 N–H and O–H groups in total. The first-order chi connectivity index (χ1) is 6.86. The van der Waals surface area contributed by atoms with Gasteiger partial charge in [-0.2, -0.15) is 0 Å². The smallest absolute Gasteiger partial charge is 0.238 e. The van der Waals surface area contributed by atoms with Gasteiger partial charge in [0.05, 0.1) is 16.3 Å². The zero-order valence-corrected chi connectivity index (χ0v) is 9.58. The number of benzene rings is 1. The number of nitrogen functional groups attached to an aromatic ring is 1. The highest BCUT2D eigenvalue weighted by atomic mass is 32.2. The minimum atomic E-state index is -3.67. The summed E-state index contributed by atoms with van der Waals surface area (Å²) in [4.78, 5) is 1.93. The Labute approximate surface area is 89.7 Å². The molecule has 0 spiro atoms. The number of hydrogen-bond donors (Lipinski definition) is 2. The number of primary sulfonamides is 1. The first-order valence-electron chi connectivity index (χ1n) is 4.49. The second-order valence-electron chi connectivity index (χ2n) is 3.28. The number of hydrogen-bond acceptors (Lipinski definition) is 4. The van der Waals surface area contributed by atoms with Crippen LogP contribution in [0.25, 0.3) is 0 Å². The highest BCUT2D eigenvalue weighted by Crippen LogP contribution is 2.24. The molecule has 6 heteroatoms. The van der Waals surface area contributed by atoms with Gasteiger partial charge in [-0.15, -0.1) is 0 Å². The highest BCUT2D eigenvalue weighted by Gasteiger charge is 2.11. The average Bonchev–Trinajstić information content (AvgIpc) is 2.15. The topological polar surface area (TPSA) is 89.4 Å². The molecular weight excluding hydrogens is 214 g/mol. The van der Waals surface area contributed by atoms with Crippen LogP contribution in [0.1, 0.15) is 6.92 Å². The number of nitrogens with two attached hydrogens (primary N) is 2. The van der Waals surface area contributed by atoms with E-state index in [2.05, 4.69) is 0 Å². The van der Waals surface area contributed by atoms with Gasteiger partial charge in [0.2, 0.25) is 10.0 Å². The van der Waals surface area contributed by atoms with Crippen molar-refractivity contribution in [1.29, 1.82) is 0 Å². The Hall–Kier alpha value is -1.27. The molecule has 0 aliphatic rings. The summed E-state index contributed by atoms with van der Waals surface area (Å²) < 4.78 is 22.3. The maximum atomic E-state index is 11.1. The van der Waals surface area contributed by atoms with E-state index in [1.54, 1.807) is 6.07 Å². The zero-order valence-electron chi connectivity index (χ0n) is 8.77. The van der Waals surface area contributed by atoms with Crippen LogP contribution in [0.5, 0.6) is 0 Å². The van der Waals surface area contributed by atoms with Crippen molar-refractivity contribution in [3.63, 3.8) is 0 Å². The molecule has 1 aromatic rings. The van der Waals surface area contributed by atoms with Crippen molar-refractivity contribution in [3.05, 3.63) is 18.2 Å². The third-order valence-corrected chi connectivity index (χ3v) is 3.13. The van der Waals surface area contributed by atoms with Gasteiger partial charge < -0.3 is 10.6 Å². The monoisotopic (exact) mass is 229 g/mol. The van der Waals surface area contributed by atoms with Crippen LogP contribution in [0.2, 0.25) is 0 Å². The minimum Gasteiger partial charge on any atom is -0.397 e. The van der Waals surface area contributed by atoms with Gasteiger partial charge in [0.25, 0.3) is 0 Å². The SMILES string of the molecule is CCN(C)c1cc(S(N)(=O)=O)ccc1N. The molecule has 0 aromatic heterocycles. The summed E-state index contributed by atoms with van der Waals surface area (Å²) in [5.74, 6) is 0. The molecule has 15 heavy (non-hydrogen) atoms. The molecule has 0 saturated carbocycles. The number of rotatable bonds is 3. The van der Waals surface area contributed by atoms with Crippen molar-refractivity contribution in [2.24, 2.45) is 5.14 Å². The van der Waals surface area contributed by atoms with Crippen LogP contribution in [-0.2, 0) is 10.0 Å². The molecule has 0 unspecified atom stereocenters. The molecule has 0 bridgehead atoms. The van der Waals surface area contributed by atoms with Crippen molar-refractivity contribution in [2.45, 2.75) is 11.8 Å². The summed E-state index contributed by atoms with van der Waals surface area (Å²) in [6.07, 6.45) is 0. The largest absolute Gasteiger partial charge is 0.397 e. The van der Waals surface area contributed by atoms with Gasteiger partial charge in [-0.05, 0) is 25.1 Å². The predicted octanol–water partition coefficient (Wildman–Crippen LogP) is 0.372. The lowest BCUT2D eigenvalue weighted by Gasteiger charge is -2.19. The average molecular weight is 229 g/mol. The van der Waals surface area contributed by atoms with Crippen LogP contribution < -0.4 is 15.8 Å². The number of anilines is 2. The Balaban J connectivity index is 3.29. The summed E-state index contributed by atoms with van der Waals surface area (Å²) in [5, 5.41) is 5.03. The summed E-state index contributed by atoms with van der Waals surface area (Å²) in [7, 11) is -1.83. The third-order valence-electron chi connectivity index (χ3n) is 2.22. The second-order valence-corrected chi connectivity index (χ2v) is 4.84. The van der Waals surface area contributed by atoms with E-state index in [9.17, 15) is 8.42 Å². The van der Waals surface area contributed by atoms with Crippen LogP contribution in [0.3, 0.4) is 0 Å². The summed E-state index contributed by atoms with van der Waals surface area (Å²) in [6, 6.07) is 4.42. The van der Waals surface area contributed by atoms with E-state index in [4.69, 9.17) is 10.9 Å². The fourth-order valence-corrected chi connectivity index (χ4v) is 1.74. The van der Waals surface area contributed by atoms with Gasteiger partial charge in [0, 0.05) is 13.6 Å². The lowest BCUT2D eigenvalue weighted by atomic mass is 10.2.